The molecule has 0 radical (unpaired) electrons. The van der Waals surface area contributed by atoms with Crippen LogP contribution in [0.4, 0.5) is 0 Å². The first kappa shape index (κ1) is 15.5. The molecule has 0 amide bonds. The summed E-state index contributed by atoms with van der Waals surface area (Å²) in [4.78, 5) is 2.60. The summed E-state index contributed by atoms with van der Waals surface area (Å²) in [7, 11) is 0. The van der Waals surface area contributed by atoms with Crippen molar-refractivity contribution in [1.29, 1.82) is 0 Å². The third-order valence-corrected chi connectivity index (χ3v) is 4.60. The molecule has 112 valence electrons. The van der Waals surface area contributed by atoms with Crippen LogP contribution in [-0.4, -0.2) is 31.1 Å². The minimum Gasteiger partial charge on any atom is -0.316 e. The fourth-order valence-electron chi connectivity index (χ4n) is 3.08. The van der Waals surface area contributed by atoms with Gasteiger partial charge in [0.25, 0.3) is 0 Å². The van der Waals surface area contributed by atoms with Crippen LogP contribution in [0, 0.1) is 5.92 Å². The molecule has 0 spiro atoms. The molecular formula is C18H30N2. The Kier molecular flexibility index (Phi) is 6.06. The highest BCUT2D eigenvalue weighted by Gasteiger charge is 2.20. The molecule has 0 saturated carbocycles. The fraction of sp³-hybridized carbons (Fsp3) is 0.667. The maximum absolute atomic E-state index is 3.42. The lowest BCUT2D eigenvalue weighted by Gasteiger charge is -2.17. The second-order valence-corrected chi connectivity index (χ2v) is 6.25. The maximum Gasteiger partial charge on any atom is 0.0233 e. The summed E-state index contributed by atoms with van der Waals surface area (Å²) in [6.45, 7) is 12.6. The first-order chi connectivity index (χ1) is 9.72. The van der Waals surface area contributed by atoms with E-state index in [9.17, 15) is 0 Å². The number of benzene rings is 1. The molecule has 0 bridgehead atoms. The van der Waals surface area contributed by atoms with Crippen LogP contribution in [0.3, 0.4) is 0 Å². The maximum atomic E-state index is 3.42. The van der Waals surface area contributed by atoms with Gasteiger partial charge in [0.15, 0.2) is 0 Å². The quantitative estimate of drug-likeness (QED) is 0.817. The van der Waals surface area contributed by atoms with Gasteiger partial charge in [0.2, 0.25) is 0 Å². The lowest BCUT2D eigenvalue weighted by molar-refractivity contribution is 0.315. The lowest BCUT2D eigenvalue weighted by atomic mass is 9.99. The number of hydrogen-bond donors (Lipinski definition) is 1. The van der Waals surface area contributed by atoms with E-state index in [-0.39, 0.29) is 0 Å². The van der Waals surface area contributed by atoms with Crippen molar-refractivity contribution < 1.29 is 0 Å². The highest BCUT2D eigenvalue weighted by atomic mass is 15.1. The van der Waals surface area contributed by atoms with Crippen molar-refractivity contribution in [3.63, 3.8) is 0 Å². The number of nitrogens with one attached hydrogen (secondary N) is 1. The van der Waals surface area contributed by atoms with E-state index < -0.39 is 0 Å². The second kappa shape index (κ2) is 7.80. The number of nitrogens with zero attached hydrogens (tertiary/aromatic N) is 1. The van der Waals surface area contributed by atoms with E-state index in [0.29, 0.717) is 5.92 Å². The van der Waals surface area contributed by atoms with Gasteiger partial charge in [0.05, 0.1) is 0 Å². The zero-order chi connectivity index (χ0) is 14.4. The standard InChI is InChI=1S/C18H30N2/c1-4-16-10-11-20(13-16)14-17-6-8-18(9-7-17)15(3)12-19-5-2/h6-9,15-16,19H,4-5,10-14H2,1-3H3. The molecule has 2 nitrogen and oxygen atoms in total. The largest absolute Gasteiger partial charge is 0.316 e. The topological polar surface area (TPSA) is 15.3 Å². The SMILES string of the molecule is CCNCC(C)c1ccc(CN2CCC(CC)C2)cc1. The molecule has 1 aliphatic heterocycles. The summed E-state index contributed by atoms with van der Waals surface area (Å²) >= 11 is 0. The number of likely N-dealkylation sites (N-methyl/N-ethyl adjacent to an activating group) is 1. The Hall–Kier alpha value is -0.860. The zero-order valence-corrected chi connectivity index (χ0v) is 13.4. The van der Waals surface area contributed by atoms with Crippen molar-refractivity contribution in [1.82, 2.24) is 10.2 Å². The molecule has 1 heterocycles. The Bertz CT molecular complexity index is 385. The Morgan fingerprint density at radius 1 is 1.25 bits per heavy atom. The van der Waals surface area contributed by atoms with E-state index in [1.165, 1.54) is 37.1 Å². The van der Waals surface area contributed by atoms with Crippen molar-refractivity contribution in [2.45, 2.75) is 46.1 Å². The molecular weight excluding hydrogens is 244 g/mol. The van der Waals surface area contributed by atoms with Crippen LogP contribution in [0.15, 0.2) is 24.3 Å². The van der Waals surface area contributed by atoms with Gasteiger partial charge in [-0.15, -0.1) is 0 Å². The van der Waals surface area contributed by atoms with Gasteiger partial charge in [-0.1, -0.05) is 51.5 Å². The third kappa shape index (κ3) is 4.32. The molecule has 1 saturated heterocycles. The van der Waals surface area contributed by atoms with Crippen molar-refractivity contribution >= 4 is 0 Å². The third-order valence-electron chi connectivity index (χ3n) is 4.60. The van der Waals surface area contributed by atoms with E-state index in [1.54, 1.807) is 0 Å². The Labute approximate surface area is 124 Å². The summed E-state index contributed by atoms with van der Waals surface area (Å²) in [6, 6.07) is 9.25. The van der Waals surface area contributed by atoms with Crippen LogP contribution in [0.2, 0.25) is 0 Å². The average molecular weight is 274 g/mol. The minimum atomic E-state index is 0.597. The van der Waals surface area contributed by atoms with Crippen molar-refractivity contribution in [2.24, 2.45) is 5.92 Å². The van der Waals surface area contributed by atoms with E-state index in [2.05, 4.69) is 55.3 Å². The molecule has 1 aromatic carbocycles. The normalized spacial score (nSPS) is 21.2. The van der Waals surface area contributed by atoms with Gasteiger partial charge in [-0.25, -0.2) is 0 Å². The highest BCUT2D eigenvalue weighted by Crippen LogP contribution is 2.22. The van der Waals surface area contributed by atoms with Crippen molar-refractivity contribution in [3.05, 3.63) is 35.4 Å². The predicted octanol–water partition coefficient (Wildman–Crippen LogP) is 3.63. The van der Waals surface area contributed by atoms with Crippen LogP contribution >= 0.6 is 0 Å². The van der Waals surface area contributed by atoms with Crippen molar-refractivity contribution in [2.75, 3.05) is 26.2 Å². The zero-order valence-electron chi connectivity index (χ0n) is 13.4. The second-order valence-electron chi connectivity index (χ2n) is 6.25. The average Bonchev–Trinajstić information content (AvgIpc) is 2.93. The Morgan fingerprint density at radius 3 is 2.60 bits per heavy atom. The first-order valence-corrected chi connectivity index (χ1v) is 8.24. The molecule has 20 heavy (non-hydrogen) atoms. The molecule has 1 fully saturated rings. The van der Waals surface area contributed by atoms with Crippen LogP contribution < -0.4 is 5.32 Å². The van der Waals surface area contributed by atoms with Crippen LogP contribution in [0.25, 0.3) is 0 Å². The molecule has 2 unspecified atom stereocenters. The predicted molar refractivity (Wildman–Crippen MR) is 87.1 cm³/mol. The smallest absolute Gasteiger partial charge is 0.0233 e. The van der Waals surface area contributed by atoms with E-state index >= 15 is 0 Å². The lowest BCUT2D eigenvalue weighted by Crippen LogP contribution is -2.20. The summed E-state index contributed by atoms with van der Waals surface area (Å²) in [5, 5.41) is 3.42. The van der Waals surface area contributed by atoms with Gasteiger partial charge in [-0.3, -0.25) is 4.90 Å². The number of likely N-dealkylation sites (tertiary alicyclic amines) is 1. The van der Waals surface area contributed by atoms with Gasteiger partial charge >= 0.3 is 0 Å². The molecule has 2 heteroatoms. The first-order valence-electron chi connectivity index (χ1n) is 8.24. The van der Waals surface area contributed by atoms with E-state index in [4.69, 9.17) is 0 Å². The molecule has 0 aliphatic carbocycles. The molecule has 0 aromatic heterocycles. The van der Waals surface area contributed by atoms with Crippen LogP contribution in [-0.2, 0) is 6.54 Å². The Balaban J connectivity index is 1.85. The molecule has 2 rings (SSSR count). The minimum absolute atomic E-state index is 0.597. The van der Waals surface area contributed by atoms with E-state index in [0.717, 1.165) is 25.6 Å². The molecule has 1 N–H and O–H groups in total. The molecule has 2 atom stereocenters. The summed E-state index contributed by atoms with van der Waals surface area (Å²) in [5.74, 6) is 1.52. The Morgan fingerprint density at radius 2 is 2.00 bits per heavy atom. The van der Waals surface area contributed by atoms with Gasteiger partial charge in [-0.2, -0.15) is 0 Å². The van der Waals surface area contributed by atoms with Crippen LogP contribution in [0.1, 0.15) is 50.7 Å². The number of hydrogen-bond acceptors (Lipinski definition) is 2. The van der Waals surface area contributed by atoms with E-state index in [1.807, 2.05) is 0 Å². The van der Waals surface area contributed by atoms with Gasteiger partial charge in [0, 0.05) is 19.6 Å². The van der Waals surface area contributed by atoms with Crippen LogP contribution in [0.5, 0.6) is 0 Å². The monoisotopic (exact) mass is 274 g/mol. The fourth-order valence-corrected chi connectivity index (χ4v) is 3.08. The van der Waals surface area contributed by atoms with Crippen molar-refractivity contribution in [3.8, 4) is 0 Å². The highest BCUT2D eigenvalue weighted by molar-refractivity contribution is 5.25. The van der Waals surface area contributed by atoms with Gasteiger partial charge in [0.1, 0.15) is 0 Å². The number of rotatable bonds is 7. The molecule has 1 aromatic rings. The summed E-state index contributed by atoms with van der Waals surface area (Å²) in [6.07, 6.45) is 2.71. The summed E-state index contributed by atoms with van der Waals surface area (Å²) in [5.41, 5.74) is 2.91. The summed E-state index contributed by atoms with van der Waals surface area (Å²) < 4.78 is 0. The molecule has 1 aliphatic rings. The van der Waals surface area contributed by atoms with Gasteiger partial charge in [-0.05, 0) is 42.5 Å². The van der Waals surface area contributed by atoms with Gasteiger partial charge < -0.3 is 5.32 Å².